The number of hydrogen-bond donors (Lipinski definition) is 0. The Morgan fingerprint density at radius 2 is 1.62 bits per heavy atom. The van der Waals surface area contributed by atoms with Gasteiger partial charge in [0, 0.05) is 11.3 Å². The van der Waals surface area contributed by atoms with Crippen molar-refractivity contribution in [3.05, 3.63) is 77.9 Å². The predicted molar refractivity (Wildman–Crippen MR) is 137 cm³/mol. The SMILES string of the molecule is CCOC(=O)C1C2C(=O)N(c3ccccc3C(=O)OC)C(=O)C2C2C=Cc3c(ccc4ccccc34)N21. The Morgan fingerprint density at radius 1 is 0.892 bits per heavy atom. The Hall–Kier alpha value is -4.46. The third-order valence-corrected chi connectivity index (χ3v) is 7.49. The zero-order chi connectivity index (χ0) is 25.8. The van der Waals surface area contributed by atoms with Crippen molar-refractivity contribution in [2.45, 2.75) is 19.0 Å². The van der Waals surface area contributed by atoms with Crippen molar-refractivity contribution < 1.29 is 28.7 Å². The van der Waals surface area contributed by atoms with Crippen LogP contribution < -0.4 is 9.80 Å². The number of anilines is 2. The minimum absolute atomic E-state index is 0.104. The van der Waals surface area contributed by atoms with Gasteiger partial charge in [-0.1, -0.05) is 54.6 Å². The highest BCUT2D eigenvalue weighted by atomic mass is 16.5. The molecule has 4 atom stereocenters. The molecule has 8 nitrogen and oxygen atoms in total. The number of amides is 2. The van der Waals surface area contributed by atoms with Crippen LogP contribution in [-0.2, 0) is 23.9 Å². The standard InChI is InChI=1S/C29H24N2O6/c1-3-37-29(35)25-24-23(26(32)31(27(24)33)20-11-7-6-10-19(20)28(34)36-2)22-15-13-18-17-9-5-4-8-16(17)12-14-21(18)30(22)25/h4-15,22-25H,3H2,1-2H3. The van der Waals surface area contributed by atoms with Gasteiger partial charge in [0.15, 0.2) is 0 Å². The number of benzene rings is 3. The van der Waals surface area contributed by atoms with E-state index < -0.39 is 47.7 Å². The Balaban J connectivity index is 1.50. The van der Waals surface area contributed by atoms with E-state index in [4.69, 9.17) is 9.47 Å². The normalized spacial score (nSPS) is 23.6. The highest BCUT2D eigenvalue weighted by Crippen LogP contribution is 2.50. The van der Waals surface area contributed by atoms with Gasteiger partial charge in [0.2, 0.25) is 11.8 Å². The van der Waals surface area contributed by atoms with Crippen LogP contribution >= 0.6 is 0 Å². The van der Waals surface area contributed by atoms with Crippen molar-refractivity contribution in [1.29, 1.82) is 0 Å². The fourth-order valence-electron chi connectivity index (χ4n) is 6.01. The van der Waals surface area contributed by atoms with Crippen molar-refractivity contribution in [2.24, 2.45) is 11.8 Å². The summed E-state index contributed by atoms with van der Waals surface area (Å²) in [6.45, 7) is 1.85. The molecule has 3 aromatic rings. The van der Waals surface area contributed by atoms with Gasteiger partial charge in [0.25, 0.3) is 0 Å². The average molecular weight is 497 g/mol. The van der Waals surface area contributed by atoms with Crippen LogP contribution in [0, 0.1) is 11.8 Å². The lowest BCUT2D eigenvalue weighted by molar-refractivity contribution is -0.147. The molecule has 0 N–H and O–H groups in total. The van der Waals surface area contributed by atoms with E-state index in [-0.39, 0.29) is 17.9 Å². The van der Waals surface area contributed by atoms with E-state index in [0.29, 0.717) is 0 Å². The van der Waals surface area contributed by atoms with Gasteiger partial charge in [-0.25, -0.2) is 14.5 Å². The Kier molecular flexibility index (Phi) is 5.33. The van der Waals surface area contributed by atoms with Crippen molar-refractivity contribution in [3.63, 3.8) is 0 Å². The van der Waals surface area contributed by atoms with Crippen LogP contribution in [0.1, 0.15) is 22.8 Å². The molecule has 0 spiro atoms. The van der Waals surface area contributed by atoms with Gasteiger partial charge in [0.05, 0.1) is 42.8 Å². The summed E-state index contributed by atoms with van der Waals surface area (Å²) in [5.41, 5.74) is 1.96. The second-order valence-corrected chi connectivity index (χ2v) is 9.25. The first-order valence-electron chi connectivity index (χ1n) is 12.2. The molecule has 0 aliphatic carbocycles. The molecule has 3 heterocycles. The van der Waals surface area contributed by atoms with E-state index in [0.717, 1.165) is 26.9 Å². The molecule has 3 aliphatic heterocycles. The zero-order valence-corrected chi connectivity index (χ0v) is 20.3. The van der Waals surface area contributed by atoms with Crippen LogP contribution in [0.3, 0.4) is 0 Å². The number of ether oxygens (including phenoxy) is 2. The summed E-state index contributed by atoms with van der Waals surface area (Å²) in [4.78, 5) is 56.6. The summed E-state index contributed by atoms with van der Waals surface area (Å²) in [6.07, 6.45) is 3.86. The molecule has 2 fully saturated rings. The van der Waals surface area contributed by atoms with Gasteiger partial charge >= 0.3 is 11.9 Å². The maximum Gasteiger partial charge on any atom is 0.339 e. The van der Waals surface area contributed by atoms with Gasteiger partial charge in [-0.3, -0.25) is 9.59 Å². The maximum atomic E-state index is 13.9. The van der Waals surface area contributed by atoms with Gasteiger partial charge in [-0.05, 0) is 35.9 Å². The molecule has 3 aliphatic rings. The summed E-state index contributed by atoms with van der Waals surface area (Å²) < 4.78 is 10.3. The van der Waals surface area contributed by atoms with Crippen LogP contribution in [0.4, 0.5) is 11.4 Å². The van der Waals surface area contributed by atoms with E-state index in [2.05, 4.69) is 0 Å². The first-order valence-corrected chi connectivity index (χ1v) is 12.2. The number of carbonyl (C=O) groups is 4. The van der Waals surface area contributed by atoms with E-state index in [9.17, 15) is 19.2 Å². The lowest BCUT2D eigenvalue weighted by atomic mass is 9.88. The second kappa shape index (κ2) is 8.58. The third kappa shape index (κ3) is 3.21. The number of hydrogen-bond acceptors (Lipinski definition) is 7. The molecule has 0 saturated carbocycles. The molecule has 186 valence electrons. The number of esters is 2. The highest BCUT2D eigenvalue weighted by Gasteiger charge is 2.65. The molecular formula is C29H24N2O6. The Bertz CT molecular complexity index is 1510. The first kappa shape index (κ1) is 23.0. The summed E-state index contributed by atoms with van der Waals surface area (Å²) in [5, 5.41) is 2.06. The van der Waals surface area contributed by atoms with Crippen molar-refractivity contribution in [3.8, 4) is 0 Å². The van der Waals surface area contributed by atoms with Crippen LogP contribution in [0.15, 0.2) is 66.7 Å². The molecule has 0 radical (unpaired) electrons. The minimum Gasteiger partial charge on any atom is -0.465 e. The molecule has 4 unspecified atom stereocenters. The maximum absolute atomic E-state index is 13.9. The number of methoxy groups -OCH3 is 1. The number of fused-ring (bicyclic) bond motifs is 7. The molecule has 3 aromatic carbocycles. The fourth-order valence-corrected chi connectivity index (χ4v) is 6.01. The number of rotatable bonds is 4. The zero-order valence-electron chi connectivity index (χ0n) is 20.3. The average Bonchev–Trinajstić information content (AvgIpc) is 3.40. The lowest BCUT2D eigenvalue weighted by Gasteiger charge is -2.36. The number of para-hydroxylation sites is 1. The largest absolute Gasteiger partial charge is 0.465 e. The van der Waals surface area contributed by atoms with Crippen LogP contribution in [0.2, 0.25) is 0 Å². The fraction of sp³-hybridized carbons (Fsp3) is 0.241. The molecule has 8 heteroatoms. The number of carbonyl (C=O) groups excluding carboxylic acids is 4. The molecule has 37 heavy (non-hydrogen) atoms. The highest BCUT2D eigenvalue weighted by molar-refractivity contribution is 6.26. The van der Waals surface area contributed by atoms with E-state index >= 15 is 0 Å². The summed E-state index contributed by atoms with van der Waals surface area (Å²) in [7, 11) is 1.24. The molecule has 2 amide bonds. The van der Waals surface area contributed by atoms with Crippen molar-refractivity contribution >= 4 is 52.0 Å². The minimum atomic E-state index is -0.994. The van der Waals surface area contributed by atoms with Crippen LogP contribution in [0.25, 0.3) is 16.8 Å². The summed E-state index contributed by atoms with van der Waals surface area (Å²) >= 11 is 0. The first-order chi connectivity index (χ1) is 18.0. The number of imide groups is 1. The summed E-state index contributed by atoms with van der Waals surface area (Å²) in [5.74, 6) is -3.99. The summed E-state index contributed by atoms with van der Waals surface area (Å²) in [6, 6.07) is 16.7. The van der Waals surface area contributed by atoms with Crippen molar-refractivity contribution in [1.82, 2.24) is 0 Å². The van der Waals surface area contributed by atoms with Gasteiger partial charge in [-0.15, -0.1) is 0 Å². The predicted octanol–water partition coefficient (Wildman–Crippen LogP) is 3.58. The molecule has 0 aromatic heterocycles. The van der Waals surface area contributed by atoms with E-state index in [1.54, 1.807) is 25.1 Å². The monoisotopic (exact) mass is 496 g/mol. The van der Waals surface area contributed by atoms with Gasteiger partial charge in [0.1, 0.15) is 6.04 Å². The smallest absolute Gasteiger partial charge is 0.339 e. The van der Waals surface area contributed by atoms with E-state index in [1.807, 2.05) is 53.5 Å². The van der Waals surface area contributed by atoms with Crippen molar-refractivity contribution in [2.75, 3.05) is 23.5 Å². The topological polar surface area (TPSA) is 93.2 Å². The number of nitrogens with zero attached hydrogens (tertiary/aromatic N) is 2. The van der Waals surface area contributed by atoms with Crippen LogP contribution in [-0.4, -0.2) is 49.6 Å². The third-order valence-electron chi connectivity index (χ3n) is 7.49. The van der Waals surface area contributed by atoms with Gasteiger partial charge in [-0.2, -0.15) is 0 Å². The molecular weight excluding hydrogens is 472 g/mol. The molecule has 2 saturated heterocycles. The Morgan fingerprint density at radius 3 is 2.41 bits per heavy atom. The second-order valence-electron chi connectivity index (χ2n) is 9.25. The lowest BCUT2D eigenvalue weighted by Crippen LogP contribution is -2.49. The molecule has 0 bridgehead atoms. The Labute approximate surface area is 213 Å². The van der Waals surface area contributed by atoms with Crippen LogP contribution in [0.5, 0.6) is 0 Å². The quantitative estimate of drug-likeness (QED) is 0.403. The molecule has 6 rings (SSSR count). The van der Waals surface area contributed by atoms with E-state index in [1.165, 1.54) is 13.2 Å². The van der Waals surface area contributed by atoms with Gasteiger partial charge < -0.3 is 14.4 Å².